The van der Waals surface area contributed by atoms with E-state index in [0.717, 1.165) is 15.8 Å². The van der Waals surface area contributed by atoms with Crippen LogP contribution in [0.4, 0.5) is 0 Å². The van der Waals surface area contributed by atoms with Crippen LogP contribution in [0.15, 0.2) is 42.5 Å². The molecule has 0 bridgehead atoms. The molecule has 1 atom stereocenters. The number of aromatic nitrogens is 1. The highest BCUT2D eigenvalue weighted by Crippen LogP contribution is 2.36. The minimum Gasteiger partial charge on any atom is -0.493 e. The topological polar surface area (TPSA) is 51.6 Å². The second-order valence-electron chi connectivity index (χ2n) is 4.64. The molecule has 0 fully saturated rings. The molecule has 2 aromatic carbocycles. The number of aliphatic hydroxyl groups excluding tert-OH is 1. The zero-order valence-corrected chi connectivity index (χ0v) is 12.6. The fourth-order valence-corrected chi connectivity index (χ4v) is 2.85. The minimum atomic E-state index is -0.546. The lowest BCUT2D eigenvalue weighted by molar-refractivity contribution is 0.198. The van der Waals surface area contributed by atoms with E-state index in [-0.39, 0.29) is 0 Å². The van der Waals surface area contributed by atoms with Crippen molar-refractivity contribution in [3.8, 4) is 16.7 Å². The molecule has 21 heavy (non-hydrogen) atoms. The Kier molecular flexibility index (Phi) is 3.77. The molecule has 1 unspecified atom stereocenters. The Bertz CT molecular complexity index is 734. The van der Waals surface area contributed by atoms with Gasteiger partial charge in [-0.1, -0.05) is 29.5 Å². The van der Waals surface area contributed by atoms with E-state index in [4.69, 9.17) is 9.47 Å². The molecule has 1 heterocycles. The van der Waals surface area contributed by atoms with Crippen LogP contribution in [0, 0.1) is 0 Å². The summed E-state index contributed by atoms with van der Waals surface area (Å²) in [6.07, 6.45) is -0.546. The highest BCUT2D eigenvalue weighted by molar-refractivity contribution is 7.20. The van der Waals surface area contributed by atoms with Crippen molar-refractivity contribution in [2.45, 2.75) is 13.0 Å². The van der Waals surface area contributed by atoms with Gasteiger partial charge in [0.05, 0.1) is 23.4 Å². The van der Waals surface area contributed by atoms with Crippen molar-refractivity contribution in [3.63, 3.8) is 0 Å². The number of methoxy groups -OCH3 is 1. The van der Waals surface area contributed by atoms with Gasteiger partial charge in [0, 0.05) is 0 Å². The zero-order valence-electron chi connectivity index (χ0n) is 11.7. The van der Waals surface area contributed by atoms with Crippen molar-refractivity contribution >= 4 is 21.6 Å². The van der Waals surface area contributed by atoms with Crippen LogP contribution in [0.2, 0.25) is 0 Å². The number of nitrogens with zero attached hydrogens (tertiary/aromatic N) is 1. The number of para-hydroxylation sites is 1. The van der Waals surface area contributed by atoms with Crippen LogP contribution in [0.25, 0.3) is 10.2 Å². The maximum atomic E-state index is 9.61. The Morgan fingerprint density at radius 1 is 1.14 bits per heavy atom. The fraction of sp³-hybridized carbons (Fsp3) is 0.188. The lowest BCUT2D eigenvalue weighted by Crippen LogP contribution is -1.95. The van der Waals surface area contributed by atoms with Gasteiger partial charge in [-0.25, -0.2) is 4.98 Å². The number of aliphatic hydroxyl groups is 1. The number of thiazole rings is 1. The first-order valence-electron chi connectivity index (χ1n) is 6.57. The third-order valence-electron chi connectivity index (χ3n) is 3.14. The van der Waals surface area contributed by atoms with Gasteiger partial charge in [0.2, 0.25) is 0 Å². The predicted molar refractivity (Wildman–Crippen MR) is 83.3 cm³/mol. The van der Waals surface area contributed by atoms with Gasteiger partial charge in [0.15, 0.2) is 11.5 Å². The molecule has 1 N–H and O–H groups in total. The number of fused-ring (bicyclic) bond motifs is 1. The van der Waals surface area contributed by atoms with E-state index in [1.807, 2.05) is 30.3 Å². The van der Waals surface area contributed by atoms with Crippen molar-refractivity contribution in [2.24, 2.45) is 0 Å². The summed E-state index contributed by atoms with van der Waals surface area (Å²) in [7, 11) is 1.58. The molecule has 108 valence electrons. The van der Waals surface area contributed by atoms with E-state index >= 15 is 0 Å². The third kappa shape index (κ3) is 2.84. The van der Waals surface area contributed by atoms with E-state index in [9.17, 15) is 5.11 Å². The van der Waals surface area contributed by atoms with Crippen LogP contribution in [-0.2, 0) is 0 Å². The highest BCUT2D eigenvalue weighted by atomic mass is 32.1. The summed E-state index contributed by atoms with van der Waals surface area (Å²) in [6, 6.07) is 13.3. The average Bonchev–Trinajstić information content (AvgIpc) is 2.89. The van der Waals surface area contributed by atoms with Crippen molar-refractivity contribution in [3.05, 3.63) is 48.0 Å². The molecule has 1 aromatic heterocycles. The quantitative estimate of drug-likeness (QED) is 0.786. The summed E-state index contributed by atoms with van der Waals surface area (Å²) in [6.45, 7) is 1.71. The highest BCUT2D eigenvalue weighted by Gasteiger charge is 2.12. The Morgan fingerprint density at radius 2 is 1.95 bits per heavy atom. The van der Waals surface area contributed by atoms with Crippen molar-refractivity contribution in [2.75, 3.05) is 7.11 Å². The first-order chi connectivity index (χ1) is 10.2. The first-order valence-corrected chi connectivity index (χ1v) is 7.38. The predicted octanol–water partition coefficient (Wildman–Crippen LogP) is 4.15. The second kappa shape index (κ2) is 5.71. The van der Waals surface area contributed by atoms with Crippen LogP contribution < -0.4 is 9.47 Å². The van der Waals surface area contributed by atoms with Gasteiger partial charge in [0.25, 0.3) is 5.19 Å². The Morgan fingerprint density at radius 3 is 2.67 bits per heavy atom. The molecule has 0 radical (unpaired) electrons. The molecule has 5 heteroatoms. The summed E-state index contributed by atoms with van der Waals surface area (Å²) in [5.41, 5.74) is 1.69. The first kappa shape index (κ1) is 13.9. The molecular formula is C16H15NO3S. The summed E-state index contributed by atoms with van der Waals surface area (Å²) >= 11 is 1.48. The van der Waals surface area contributed by atoms with E-state index in [2.05, 4.69) is 4.98 Å². The molecule has 0 aliphatic rings. The standard InChI is InChI=1S/C16H15NO3S/c1-10(18)11-7-8-13(14(9-11)19-2)20-16-17-12-5-3-4-6-15(12)21-16/h3-10,18H,1-2H3. The zero-order chi connectivity index (χ0) is 14.8. The summed E-state index contributed by atoms with van der Waals surface area (Å²) in [5, 5.41) is 10.2. The molecule has 0 saturated heterocycles. The molecule has 0 aliphatic heterocycles. The largest absolute Gasteiger partial charge is 0.493 e. The fourth-order valence-electron chi connectivity index (χ4n) is 2.02. The smallest absolute Gasteiger partial charge is 0.279 e. The van der Waals surface area contributed by atoms with Gasteiger partial charge in [-0.05, 0) is 36.8 Å². The van der Waals surface area contributed by atoms with Gasteiger partial charge in [-0.2, -0.15) is 0 Å². The van der Waals surface area contributed by atoms with Gasteiger partial charge in [-0.3, -0.25) is 0 Å². The molecule has 0 saturated carbocycles. The summed E-state index contributed by atoms with van der Waals surface area (Å²) in [5.74, 6) is 1.16. The van der Waals surface area contributed by atoms with Gasteiger partial charge >= 0.3 is 0 Å². The van der Waals surface area contributed by atoms with Crippen LogP contribution in [0.5, 0.6) is 16.7 Å². The van der Waals surface area contributed by atoms with Gasteiger partial charge in [-0.15, -0.1) is 0 Å². The Hall–Kier alpha value is -2.11. The molecule has 0 amide bonds. The normalized spacial score (nSPS) is 12.3. The molecule has 0 spiro atoms. The van der Waals surface area contributed by atoms with E-state index < -0.39 is 6.10 Å². The molecular weight excluding hydrogens is 286 g/mol. The van der Waals surface area contributed by atoms with Crippen LogP contribution in [0.1, 0.15) is 18.6 Å². The number of hydrogen-bond acceptors (Lipinski definition) is 5. The molecule has 3 aromatic rings. The monoisotopic (exact) mass is 301 g/mol. The van der Waals surface area contributed by atoms with E-state index in [0.29, 0.717) is 16.7 Å². The molecule has 0 aliphatic carbocycles. The number of ether oxygens (including phenoxy) is 2. The minimum absolute atomic E-state index is 0.546. The van der Waals surface area contributed by atoms with Crippen molar-refractivity contribution in [1.82, 2.24) is 4.98 Å². The number of hydrogen-bond donors (Lipinski definition) is 1. The lowest BCUT2D eigenvalue weighted by atomic mass is 10.1. The van der Waals surface area contributed by atoms with Crippen LogP contribution in [-0.4, -0.2) is 17.2 Å². The summed E-state index contributed by atoms with van der Waals surface area (Å²) in [4.78, 5) is 4.43. The maximum Gasteiger partial charge on any atom is 0.279 e. The second-order valence-corrected chi connectivity index (χ2v) is 5.63. The Balaban J connectivity index is 1.93. The van der Waals surface area contributed by atoms with Crippen molar-refractivity contribution in [1.29, 1.82) is 0 Å². The van der Waals surface area contributed by atoms with Crippen molar-refractivity contribution < 1.29 is 14.6 Å². The average molecular weight is 301 g/mol. The number of rotatable bonds is 4. The molecule has 4 nitrogen and oxygen atoms in total. The SMILES string of the molecule is COc1cc(C(C)O)ccc1Oc1nc2ccccc2s1. The van der Waals surface area contributed by atoms with Crippen LogP contribution in [0.3, 0.4) is 0 Å². The number of benzene rings is 2. The lowest BCUT2D eigenvalue weighted by Gasteiger charge is -2.11. The summed E-state index contributed by atoms with van der Waals surface area (Å²) < 4.78 is 12.2. The van der Waals surface area contributed by atoms with Gasteiger partial charge in [0.1, 0.15) is 0 Å². The molecule has 3 rings (SSSR count). The third-order valence-corrected chi connectivity index (χ3v) is 4.06. The van der Waals surface area contributed by atoms with E-state index in [1.54, 1.807) is 26.2 Å². The van der Waals surface area contributed by atoms with Gasteiger partial charge < -0.3 is 14.6 Å². The maximum absolute atomic E-state index is 9.61. The Labute approximate surface area is 126 Å². The van der Waals surface area contributed by atoms with Crippen LogP contribution >= 0.6 is 11.3 Å². The van der Waals surface area contributed by atoms with E-state index in [1.165, 1.54) is 11.3 Å².